The predicted octanol–water partition coefficient (Wildman–Crippen LogP) is 2.15. The van der Waals surface area contributed by atoms with Crippen molar-refractivity contribution in [2.24, 2.45) is 9.98 Å². The Morgan fingerprint density at radius 1 is 1.15 bits per heavy atom. The van der Waals surface area contributed by atoms with Crippen molar-refractivity contribution in [3.05, 3.63) is 11.4 Å². The highest BCUT2D eigenvalue weighted by Gasteiger charge is 2.04. The van der Waals surface area contributed by atoms with Crippen molar-refractivity contribution in [2.75, 3.05) is 0 Å². The van der Waals surface area contributed by atoms with Crippen molar-refractivity contribution in [1.82, 2.24) is 9.97 Å². The van der Waals surface area contributed by atoms with Crippen LogP contribution in [0.2, 0.25) is 0 Å². The van der Waals surface area contributed by atoms with Crippen molar-refractivity contribution in [3.8, 4) is 0 Å². The second kappa shape index (κ2) is 3.89. The number of aliphatic imine (C=N–C) groups is 2. The van der Waals surface area contributed by atoms with Gasteiger partial charge in [-0.2, -0.15) is 0 Å². The molecule has 0 saturated carbocycles. The average molecular weight is 176 g/mol. The molecule has 68 valence electrons. The van der Waals surface area contributed by atoms with Crippen molar-refractivity contribution in [3.63, 3.8) is 0 Å². The molecule has 0 aromatic carbocycles. The summed E-state index contributed by atoms with van der Waals surface area (Å²) in [5, 5.41) is 0. The molecule has 1 rings (SSSR count). The van der Waals surface area contributed by atoms with Crippen LogP contribution in [0.25, 0.3) is 0 Å². The molecule has 0 amide bonds. The Labute approximate surface area is 77.5 Å². The zero-order valence-corrected chi connectivity index (χ0v) is 8.07. The summed E-state index contributed by atoms with van der Waals surface area (Å²) in [5.74, 6) is 1.02. The minimum absolute atomic E-state index is 0.487. The molecule has 0 aliphatic heterocycles. The smallest absolute Gasteiger partial charge is 0.197 e. The van der Waals surface area contributed by atoms with Gasteiger partial charge in [-0.25, -0.2) is 20.0 Å². The quantitative estimate of drug-likeness (QED) is 0.648. The Morgan fingerprint density at radius 3 is 2.15 bits per heavy atom. The molecule has 0 saturated heterocycles. The second-order valence-electron chi connectivity index (χ2n) is 2.59. The Balaban J connectivity index is 3.32. The van der Waals surface area contributed by atoms with Crippen molar-refractivity contribution in [2.45, 2.75) is 20.8 Å². The first-order valence-electron chi connectivity index (χ1n) is 3.99. The fourth-order valence-electron chi connectivity index (χ4n) is 0.894. The van der Waals surface area contributed by atoms with E-state index in [4.69, 9.17) is 0 Å². The van der Waals surface area contributed by atoms with E-state index in [0.717, 1.165) is 11.4 Å². The Bertz CT molecular complexity index is 355. The van der Waals surface area contributed by atoms with Crippen LogP contribution in [0.3, 0.4) is 0 Å². The monoisotopic (exact) mass is 176 g/mol. The predicted molar refractivity (Wildman–Crippen MR) is 54.5 cm³/mol. The van der Waals surface area contributed by atoms with Crippen LogP contribution < -0.4 is 0 Å². The van der Waals surface area contributed by atoms with E-state index in [1.165, 1.54) is 0 Å². The van der Waals surface area contributed by atoms with Gasteiger partial charge >= 0.3 is 0 Å². The van der Waals surface area contributed by atoms with Crippen LogP contribution in [-0.4, -0.2) is 22.9 Å². The molecule has 13 heavy (non-hydrogen) atoms. The maximum atomic E-state index is 4.24. The standard InChI is InChI=1S/C9H12N4/c1-5-11-9-8(10-4)12-6(2)7(3)13-9/h5H,4H2,1-3H3. The minimum Gasteiger partial charge on any atom is -0.242 e. The number of aryl methyl sites for hydroxylation is 2. The summed E-state index contributed by atoms with van der Waals surface area (Å²) < 4.78 is 0. The molecule has 0 N–H and O–H groups in total. The van der Waals surface area contributed by atoms with Gasteiger partial charge < -0.3 is 0 Å². The van der Waals surface area contributed by atoms with Gasteiger partial charge in [0.15, 0.2) is 11.6 Å². The third-order valence-corrected chi connectivity index (χ3v) is 1.67. The first-order valence-corrected chi connectivity index (χ1v) is 3.99. The van der Waals surface area contributed by atoms with Crippen LogP contribution >= 0.6 is 0 Å². The number of hydrogen-bond donors (Lipinski definition) is 0. The van der Waals surface area contributed by atoms with Gasteiger partial charge in [0.25, 0.3) is 0 Å². The lowest BCUT2D eigenvalue weighted by molar-refractivity contribution is 1.04. The third kappa shape index (κ3) is 1.96. The van der Waals surface area contributed by atoms with Gasteiger partial charge in [0, 0.05) is 6.21 Å². The molecule has 0 aliphatic rings. The van der Waals surface area contributed by atoms with Gasteiger partial charge in [-0.05, 0) is 27.5 Å². The molecule has 0 aliphatic carbocycles. The number of hydrogen-bond acceptors (Lipinski definition) is 4. The maximum absolute atomic E-state index is 4.24. The highest BCUT2D eigenvalue weighted by atomic mass is 15.0. The highest BCUT2D eigenvalue weighted by Crippen LogP contribution is 2.23. The lowest BCUT2D eigenvalue weighted by atomic mass is 10.3. The van der Waals surface area contributed by atoms with Crippen LogP contribution in [0.4, 0.5) is 11.6 Å². The summed E-state index contributed by atoms with van der Waals surface area (Å²) in [6.07, 6.45) is 1.66. The molecular formula is C9H12N4. The Hall–Kier alpha value is -1.58. The Kier molecular flexibility index (Phi) is 2.84. The van der Waals surface area contributed by atoms with Crippen LogP contribution in [0.15, 0.2) is 9.98 Å². The SMILES string of the molecule is C=Nc1nc(C)c(C)nc1N=CC. The fraction of sp³-hybridized carbons (Fsp3) is 0.333. The summed E-state index contributed by atoms with van der Waals surface area (Å²) in [6, 6.07) is 0. The molecule has 1 heterocycles. The third-order valence-electron chi connectivity index (χ3n) is 1.67. The summed E-state index contributed by atoms with van der Waals surface area (Å²) in [6.45, 7) is 9.02. The lowest BCUT2D eigenvalue weighted by Gasteiger charge is -2.02. The number of aromatic nitrogens is 2. The first kappa shape index (κ1) is 9.51. The average Bonchev–Trinajstić information content (AvgIpc) is 2.11. The van der Waals surface area contributed by atoms with E-state index < -0.39 is 0 Å². The zero-order chi connectivity index (χ0) is 9.84. The minimum atomic E-state index is 0.487. The van der Waals surface area contributed by atoms with E-state index >= 15 is 0 Å². The van der Waals surface area contributed by atoms with Crippen molar-refractivity contribution >= 4 is 24.6 Å². The van der Waals surface area contributed by atoms with Crippen LogP contribution in [0, 0.1) is 13.8 Å². The summed E-state index contributed by atoms with van der Waals surface area (Å²) in [7, 11) is 0. The summed E-state index contributed by atoms with van der Waals surface area (Å²) in [4.78, 5) is 16.2. The fourth-order valence-corrected chi connectivity index (χ4v) is 0.894. The molecular weight excluding hydrogens is 164 g/mol. The summed E-state index contributed by atoms with van der Waals surface area (Å²) >= 11 is 0. The molecule has 0 atom stereocenters. The normalized spacial score (nSPS) is 10.7. The molecule has 1 aromatic rings. The zero-order valence-electron chi connectivity index (χ0n) is 8.07. The Morgan fingerprint density at radius 2 is 1.69 bits per heavy atom. The first-order chi connectivity index (χ1) is 6.19. The van der Waals surface area contributed by atoms with E-state index in [1.807, 2.05) is 20.8 Å². The molecule has 0 unspecified atom stereocenters. The van der Waals surface area contributed by atoms with Gasteiger partial charge in [-0.1, -0.05) is 0 Å². The van der Waals surface area contributed by atoms with Gasteiger partial charge in [0.2, 0.25) is 0 Å². The van der Waals surface area contributed by atoms with E-state index in [1.54, 1.807) is 6.21 Å². The molecule has 4 heteroatoms. The van der Waals surface area contributed by atoms with Gasteiger partial charge in [-0.3, -0.25) is 0 Å². The highest BCUT2D eigenvalue weighted by molar-refractivity contribution is 5.65. The van der Waals surface area contributed by atoms with Crippen LogP contribution in [0.5, 0.6) is 0 Å². The number of rotatable bonds is 2. The maximum Gasteiger partial charge on any atom is 0.197 e. The van der Waals surface area contributed by atoms with E-state index in [2.05, 4.69) is 26.7 Å². The van der Waals surface area contributed by atoms with E-state index in [0.29, 0.717) is 11.6 Å². The van der Waals surface area contributed by atoms with Gasteiger partial charge in [0.05, 0.1) is 11.4 Å². The lowest BCUT2D eigenvalue weighted by Crippen LogP contribution is -1.91. The van der Waals surface area contributed by atoms with Crippen molar-refractivity contribution < 1.29 is 0 Å². The molecule has 1 aromatic heterocycles. The number of nitrogens with zero attached hydrogens (tertiary/aromatic N) is 4. The van der Waals surface area contributed by atoms with Gasteiger partial charge in [-0.15, -0.1) is 0 Å². The molecule has 0 bridgehead atoms. The largest absolute Gasteiger partial charge is 0.242 e. The van der Waals surface area contributed by atoms with Crippen molar-refractivity contribution in [1.29, 1.82) is 0 Å². The van der Waals surface area contributed by atoms with Crippen LogP contribution in [0.1, 0.15) is 18.3 Å². The molecule has 0 fully saturated rings. The van der Waals surface area contributed by atoms with E-state index in [-0.39, 0.29) is 0 Å². The molecule has 0 spiro atoms. The topological polar surface area (TPSA) is 50.5 Å². The summed E-state index contributed by atoms with van der Waals surface area (Å²) in [5.41, 5.74) is 1.73. The van der Waals surface area contributed by atoms with Gasteiger partial charge in [0.1, 0.15) is 0 Å². The molecule has 4 nitrogen and oxygen atoms in total. The molecule has 0 radical (unpaired) electrons. The van der Waals surface area contributed by atoms with E-state index in [9.17, 15) is 0 Å². The van der Waals surface area contributed by atoms with Crippen LogP contribution in [-0.2, 0) is 0 Å². The second-order valence-corrected chi connectivity index (χ2v) is 2.59.